The van der Waals surface area contributed by atoms with E-state index in [2.05, 4.69) is 0 Å². The Morgan fingerprint density at radius 2 is 2.22 bits per heavy atom. The maximum atomic E-state index is 11.9. The lowest BCUT2D eigenvalue weighted by Crippen LogP contribution is -2.32. The molecule has 5 nitrogen and oxygen atoms in total. The van der Waals surface area contributed by atoms with Crippen LogP contribution in [0.2, 0.25) is 0 Å². The summed E-state index contributed by atoms with van der Waals surface area (Å²) in [5.74, 6) is -0.252. The van der Waals surface area contributed by atoms with Crippen LogP contribution in [0.1, 0.15) is 29.3 Å². The van der Waals surface area contributed by atoms with Crippen molar-refractivity contribution in [2.45, 2.75) is 19.8 Å². The molecule has 0 aromatic heterocycles. The van der Waals surface area contributed by atoms with Gasteiger partial charge in [0.25, 0.3) is 5.91 Å². The van der Waals surface area contributed by atoms with Crippen LogP contribution in [0.15, 0.2) is 18.2 Å². The number of aryl methyl sites for hydroxylation is 1. The molecule has 1 heterocycles. The van der Waals surface area contributed by atoms with Crippen molar-refractivity contribution in [1.29, 1.82) is 0 Å². The molecule has 0 radical (unpaired) electrons. The van der Waals surface area contributed by atoms with Gasteiger partial charge < -0.3 is 4.74 Å². The minimum atomic E-state index is -3.55. The van der Waals surface area contributed by atoms with Crippen molar-refractivity contribution >= 4 is 15.9 Å². The van der Waals surface area contributed by atoms with Gasteiger partial charge in [0.15, 0.2) is 0 Å². The van der Waals surface area contributed by atoms with E-state index in [1.807, 2.05) is 10.8 Å². The van der Waals surface area contributed by atoms with Crippen LogP contribution < -0.4 is 9.46 Å². The molecule has 0 atom stereocenters. The number of ether oxygens (including phenoxy) is 1. The highest BCUT2D eigenvalue weighted by atomic mass is 32.2. The highest BCUT2D eigenvalue weighted by Crippen LogP contribution is 2.28. The number of benzene rings is 1. The molecule has 0 saturated carbocycles. The number of hydrogen-bond acceptors (Lipinski definition) is 4. The number of carbonyl (C=O) groups is 1. The lowest BCUT2D eigenvalue weighted by atomic mass is 10.0. The van der Waals surface area contributed by atoms with Gasteiger partial charge in [-0.15, -0.1) is 0 Å². The fourth-order valence-electron chi connectivity index (χ4n) is 1.84. The Balaban J connectivity index is 2.31. The third-order valence-corrected chi connectivity index (χ3v) is 4.06. The Morgan fingerprint density at radius 3 is 2.94 bits per heavy atom. The first-order valence-electron chi connectivity index (χ1n) is 5.83. The van der Waals surface area contributed by atoms with Crippen LogP contribution in [0.4, 0.5) is 0 Å². The van der Waals surface area contributed by atoms with Gasteiger partial charge in [0.2, 0.25) is 10.0 Å². The van der Waals surface area contributed by atoms with Gasteiger partial charge in [-0.25, -0.2) is 13.1 Å². The number of fused-ring (bicyclic) bond motifs is 1. The van der Waals surface area contributed by atoms with Crippen molar-refractivity contribution in [3.8, 4) is 5.75 Å². The lowest BCUT2D eigenvalue weighted by Gasteiger charge is -2.19. The standard InChI is InChI=1S/C12H15NO4S/c1-2-18(15,16)13-12(14)10-7-3-5-9-6-4-8-17-11(9)10/h3,5,7H,2,4,6,8H2,1H3,(H,13,14). The van der Waals surface area contributed by atoms with E-state index >= 15 is 0 Å². The van der Waals surface area contributed by atoms with Gasteiger partial charge >= 0.3 is 0 Å². The molecule has 18 heavy (non-hydrogen) atoms. The van der Waals surface area contributed by atoms with Crippen molar-refractivity contribution in [1.82, 2.24) is 4.72 Å². The smallest absolute Gasteiger partial charge is 0.268 e. The minimum Gasteiger partial charge on any atom is -0.492 e. The van der Waals surface area contributed by atoms with Crippen LogP contribution in [-0.4, -0.2) is 26.7 Å². The number of sulfonamides is 1. The van der Waals surface area contributed by atoms with E-state index in [9.17, 15) is 13.2 Å². The molecule has 1 amide bonds. The Hall–Kier alpha value is -1.56. The van der Waals surface area contributed by atoms with Crippen LogP contribution in [0.3, 0.4) is 0 Å². The number of para-hydroxylation sites is 1. The van der Waals surface area contributed by atoms with E-state index in [1.165, 1.54) is 6.92 Å². The van der Waals surface area contributed by atoms with Gasteiger partial charge in [-0.3, -0.25) is 4.79 Å². The third kappa shape index (κ3) is 2.64. The monoisotopic (exact) mass is 269 g/mol. The molecule has 1 N–H and O–H groups in total. The highest BCUT2D eigenvalue weighted by Gasteiger charge is 2.21. The molecule has 1 aliphatic rings. The van der Waals surface area contributed by atoms with Crippen molar-refractivity contribution < 1.29 is 17.9 Å². The molecular formula is C12H15NO4S. The van der Waals surface area contributed by atoms with Gasteiger partial charge in [-0.1, -0.05) is 12.1 Å². The predicted molar refractivity (Wildman–Crippen MR) is 67.2 cm³/mol. The van der Waals surface area contributed by atoms with Gasteiger partial charge in [0.1, 0.15) is 5.75 Å². The Kier molecular flexibility index (Phi) is 3.56. The molecule has 1 aromatic rings. The normalized spacial score (nSPS) is 14.5. The van der Waals surface area contributed by atoms with Crippen molar-refractivity contribution in [2.75, 3.05) is 12.4 Å². The quantitative estimate of drug-likeness (QED) is 0.891. The van der Waals surface area contributed by atoms with E-state index in [-0.39, 0.29) is 11.3 Å². The summed E-state index contributed by atoms with van der Waals surface area (Å²) in [6.45, 7) is 2.03. The van der Waals surface area contributed by atoms with Crippen molar-refractivity contribution in [3.63, 3.8) is 0 Å². The summed E-state index contributed by atoms with van der Waals surface area (Å²) in [5, 5.41) is 0. The van der Waals surface area contributed by atoms with E-state index in [1.54, 1.807) is 12.1 Å². The van der Waals surface area contributed by atoms with E-state index < -0.39 is 15.9 Å². The maximum absolute atomic E-state index is 11.9. The summed E-state index contributed by atoms with van der Waals surface area (Å²) in [5.41, 5.74) is 1.23. The van der Waals surface area contributed by atoms with Gasteiger partial charge in [-0.05, 0) is 31.4 Å². The molecule has 1 aromatic carbocycles. The Morgan fingerprint density at radius 1 is 1.44 bits per heavy atom. The van der Waals surface area contributed by atoms with Crippen LogP contribution in [0.5, 0.6) is 5.75 Å². The zero-order valence-corrected chi connectivity index (χ0v) is 10.9. The second-order valence-electron chi connectivity index (χ2n) is 4.08. The second-order valence-corrected chi connectivity index (χ2v) is 6.09. The number of amides is 1. The molecule has 98 valence electrons. The fourth-order valence-corrected chi connectivity index (χ4v) is 2.37. The molecular weight excluding hydrogens is 254 g/mol. The van der Waals surface area contributed by atoms with Gasteiger partial charge in [0.05, 0.1) is 17.9 Å². The molecule has 0 unspecified atom stereocenters. The summed E-state index contributed by atoms with van der Waals surface area (Å²) in [7, 11) is -3.55. The second kappa shape index (κ2) is 4.97. The SMILES string of the molecule is CCS(=O)(=O)NC(=O)c1cccc2c1OCCC2. The molecule has 6 heteroatoms. The fraction of sp³-hybridized carbons (Fsp3) is 0.417. The molecule has 0 bridgehead atoms. The van der Waals surface area contributed by atoms with E-state index in [0.29, 0.717) is 12.4 Å². The summed E-state index contributed by atoms with van der Waals surface area (Å²) in [6, 6.07) is 5.20. The topological polar surface area (TPSA) is 72.5 Å². The van der Waals surface area contributed by atoms with Gasteiger partial charge in [-0.2, -0.15) is 0 Å². The summed E-state index contributed by atoms with van der Waals surface area (Å²) in [4.78, 5) is 11.9. The Bertz CT molecular complexity index is 565. The van der Waals surface area contributed by atoms with Crippen molar-refractivity contribution in [2.24, 2.45) is 0 Å². The summed E-state index contributed by atoms with van der Waals surface area (Å²) in [6.07, 6.45) is 1.75. The molecule has 2 rings (SSSR count). The Labute approximate surface area is 106 Å². The lowest BCUT2D eigenvalue weighted by molar-refractivity contribution is 0.0976. The minimum absolute atomic E-state index is 0.130. The first-order chi connectivity index (χ1) is 8.53. The molecule has 0 saturated heterocycles. The van der Waals surface area contributed by atoms with Gasteiger partial charge in [0, 0.05) is 0 Å². The highest BCUT2D eigenvalue weighted by molar-refractivity contribution is 7.90. The first-order valence-corrected chi connectivity index (χ1v) is 7.48. The molecule has 0 spiro atoms. The molecule has 0 aliphatic carbocycles. The molecule has 0 fully saturated rings. The van der Waals surface area contributed by atoms with Crippen LogP contribution >= 0.6 is 0 Å². The predicted octanol–water partition coefficient (Wildman–Crippen LogP) is 1.09. The molecule has 1 aliphatic heterocycles. The zero-order valence-electron chi connectivity index (χ0n) is 10.1. The average molecular weight is 269 g/mol. The number of hydrogen-bond donors (Lipinski definition) is 1. The van der Waals surface area contributed by atoms with Crippen LogP contribution in [0, 0.1) is 0 Å². The van der Waals surface area contributed by atoms with Crippen molar-refractivity contribution in [3.05, 3.63) is 29.3 Å². The largest absolute Gasteiger partial charge is 0.492 e. The maximum Gasteiger partial charge on any atom is 0.268 e. The zero-order chi connectivity index (χ0) is 13.2. The average Bonchev–Trinajstić information content (AvgIpc) is 2.37. The first kappa shape index (κ1) is 12.9. The van der Waals surface area contributed by atoms with Crippen LogP contribution in [0.25, 0.3) is 0 Å². The number of carbonyl (C=O) groups excluding carboxylic acids is 1. The third-order valence-electron chi connectivity index (χ3n) is 2.81. The number of nitrogens with one attached hydrogen (secondary N) is 1. The number of rotatable bonds is 3. The van der Waals surface area contributed by atoms with E-state index in [0.717, 1.165) is 18.4 Å². The van der Waals surface area contributed by atoms with E-state index in [4.69, 9.17) is 4.74 Å². The summed E-state index contributed by atoms with van der Waals surface area (Å²) >= 11 is 0. The summed E-state index contributed by atoms with van der Waals surface area (Å²) < 4.78 is 30.3. The van der Waals surface area contributed by atoms with Crippen LogP contribution in [-0.2, 0) is 16.4 Å².